The van der Waals surface area contributed by atoms with Crippen LogP contribution < -0.4 is 14.7 Å². The SMILES string of the molecule is Cc1cncc(N2CCC3CCN(c4nccnc4N(C)C)CC32)n1. The molecule has 2 aromatic rings. The van der Waals surface area contributed by atoms with E-state index in [1.165, 1.54) is 12.8 Å². The minimum Gasteiger partial charge on any atom is -0.360 e. The normalized spacial score (nSPS) is 22.8. The first-order chi connectivity index (χ1) is 12.1. The van der Waals surface area contributed by atoms with Gasteiger partial charge in [-0.05, 0) is 25.7 Å². The predicted molar refractivity (Wildman–Crippen MR) is 99.2 cm³/mol. The Labute approximate surface area is 148 Å². The molecule has 2 saturated heterocycles. The first-order valence-corrected chi connectivity index (χ1v) is 8.92. The lowest BCUT2D eigenvalue weighted by atomic mass is 9.92. The van der Waals surface area contributed by atoms with Gasteiger partial charge in [0.1, 0.15) is 5.82 Å². The van der Waals surface area contributed by atoms with E-state index < -0.39 is 0 Å². The second kappa shape index (κ2) is 6.46. The predicted octanol–water partition coefficient (Wildman–Crippen LogP) is 1.75. The fourth-order valence-corrected chi connectivity index (χ4v) is 4.07. The van der Waals surface area contributed by atoms with Crippen LogP contribution in [0.15, 0.2) is 24.8 Å². The average Bonchev–Trinajstić information content (AvgIpc) is 3.05. The summed E-state index contributed by atoms with van der Waals surface area (Å²) >= 11 is 0. The summed E-state index contributed by atoms with van der Waals surface area (Å²) < 4.78 is 0. The van der Waals surface area contributed by atoms with Crippen LogP contribution in [0.3, 0.4) is 0 Å². The molecule has 2 fully saturated rings. The number of aryl methyl sites for hydroxylation is 1. The molecule has 0 aliphatic carbocycles. The summed E-state index contributed by atoms with van der Waals surface area (Å²) in [5.74, 6) is 3.63. The van der Waals surface area contributed by atoms with E-state index in [1.54, 1.807) is 12.4 Å². The van der Waals surface area contributed by atoms with Gasteiger partial charge in [0.05, 0.1) is 17.9 Å². The molecule has 0 N–H and O–H groups in total. The van der Waals surface area contributed by atoms with Gasteiger partial charge in [0.2, 0.25) is 0 Å². The summed E-state index contributed by atoms with van der Waals surface area (Å²) in [4.78, 5) is 25.0. The average molecular weight is 339 g/mol. The third kappa shape index (κ3) is 2.99. The molecular weight excluding hydrogens is 314 g/mol. The Morgan fingerprint density at radius 2 is 1.88 bits per heavy atom. The lowest BCUT2D eigenvalue weighted by Crippen LogP contribution is -2.49. The van der Waals surface area contributed by atoms with E-state index in [0.717, 1.165) is 48.7 Å². The fourth-order valence-electron chi connectivity index (χ4n) is 4.07. The number of piperidine rings is 1. The minimum absolute atomic E-state index is 0.460. The van der Waals surface area contributed by atoms with Gasteiger partial charge in [0, 0.05) is 52.3 Å². The molecule has 0 bridgehead atoms. The number of rotatable bonds is 3. The van der Waals surface area contributed by atoms with Crippen molar-refractivity contribution < 1.29 is 0 Å². The van der Waals surface area contributed by atoms with Crippen molar-refractivity contribution in [1.82, 2.24) is 19.9 Å². The standard InChI is InChI=1S/C18H25N7/c1-13-10-19-11-16(22-13)25-9-5-14-4-8-24(12-15(14)25)18-17(23(2)3)20-6-7-21-18/h6-7,10-11,14-15H,4-5,8-9,12H2,1-3H3. The zero-order valence-electron chi connectivity index (χ0n) is 15.1. The van der Waals surface area contributed by atoms with Gasteiger partial charge in [0.25, 0.3) is 0 Å². The van der Waals surface area contributed by atoms with Gasteiger partial charge in [-0.15, -0.1) is 0 Å². The van der Waals surface area contributed by atoms with E-state index in [1.807, 2.05) is 38.3 Å². The highest BCUT2D eigenvalue weighted by Crippen LogP contribution is 2.36. The van der Waals surface area contributed by atoms with E-state index in [0.29, 0.717) is 6.04 Å². The van der Waals surface area contributed by atoms with Gasteiger partial charge in [-0.2, -0.15) is 0 Å². The van der Waals surface area contributed by atoms with E-state index in [-0.39, 0.29) is 0 Å². The molecule has 0 aromatic carbocycles. The number of fused-ring (bicyclic) bond motifs is 1. The Hall–Kier alpha value is -2.44. The first-order valence-electron chi connectivity index (χ1n) is 8.92. The largest absolute Gasteiger partial charge is 0.360 e. The lowest BCUT2D eigenvalue weighted by Gasteiger charge is -2.40. The summed E-state index contributed by atoms with van der Waals surface area (Å²) in [6, 6.07) is 0.460. The Morgan fingerprint density at radius 1 is 1.08 bits per heavy atom. The Morgan fingerprint density at radius 3 is 2.68 bits per heavy atom. The quantitative estimate of drug-likeness (QED) is 0.844. The second-order valence-corrected chi connectivity index (χ2v) is 7.16. The number of anilines is 3. The number of aromatic nitrogens is 4. The number of nitrogens with zero attached hydrogens (tertiary/aromatic N) is 7. The van der Waals surface area contributed by atoms with E-state index >= 15 is 0 Å². The molecule has 25 heavy (non-hydrogen) atoms. The molecule has 2 unspecified atom stereocenters. The minimum atomic E-state index is 0.460. The van der Waals surface area contributed by atoms with Crippen LogP contribution in [-0.2, 0) is 0 Å². The molecule has 4 rings (SSSR count). The summed E-state index contributed by atoms with van der Waals surface area (Å²) in [6.07, 6.45) is 9.66. The molecule has 7 nitrogen and oxygen atoms in total. The van der Waals surface area contributed by atoms with Crippen LogP contribution in [0.4, 0.5) is 17.5 Å². The maximum atomic E-state index is 4.70. The van der Waals surface area contributed by atoms with Gasteiger partial charge in [-0.3, -0.25) is 4.98 Å². The summed E-state index contributed by atoms with van der Waals surface area (Å²) in [5.41, 5.74) is 0.970. The smallest absolute Gasteiger partial charge is 0.172 e. The Kier molecular flexibility index (Phi) is 4.15. The molecule has 132 valence electrons. The molecule has 0 amide bonds. The molecule has 2 aliphatic heterocycles. The molecule has 2 aliphatic rings. The van der Waals surface area contributed by atoms with Crippen LogP contribution in [0.1, 0.15) is 18.5 Å². The maximum Gasteiger partial charge on any atom is 0.172 e. The van der Waals surface area contributed by atoms with Crippen molar-refractivity contribution in [2.45, 2.75) is 25.8 Å². The number of hydrogen-bond acceptors (Lipinski definition) is 7. The van der Waals surface area contributed by atoms with Crippen LogP contribution in [0, 0.1) is 12.8 Å². The monoisotopic (exact) mass is 339 g/mol. The topological polar surface area (TPSA) is 61.3 Å². The highest BCUT2D eigenvalue weighted by Gasteiger charge is 2.40. The molecule has 0 spiro atoms. The molecular formula is C18H25N7. The third-order valence-corrected chi connectivity index (χ3v) is 5.28. The first kappa shape index (κ1) is 16.1. The highest BCUT2D eigenvalue weighted by atomic mass is 15.3. The maximum absolute atomic E-state index is 4.70. The van der Waals surface area contributed by atoms with Crippen molar-refractivity contribution in [2.24, 2.45) is 5.92 Å². The number of hydrogen-bond donors (Lipinski definition) is 0. The molecule has 0 saturated carbocycles. The van der Waals surface area contributed by atoms with Crippen LogP contribution in [0.25, 0.3) is 0 Å². The van der Waals surface area contributed by atoms with E-state index in [2.05, 4.69) is 24.8 Å². The highest BCUT2D eigenvalue weighted by molar-refractivity contribution is 5.62. The van der Waals surface area contributed by atoms with Crippen molar-refractivity contribution in [1.29, 1.82) is 0 Å². The van der Waals surface area contributed by atoms with Crippen molar-refractivity contribution in [3.8, 4) is 0 Å². The summed E-state index contributed by atoms with van der Waals surface area (Å²) in [7, 11) is 4.04. The van der Waals surface area contributed by atoms with Crippen LogP contribution in [0.2, 0.25) is 0 Å². The molecule has 2 aromatic heterocycles. The van der Waals surface area contributed by atoms with Gasteiger partial charge < -0.3 is 14.7 Å². The van der Waals surface area contributed by atoms with Crippen LogP contribution >= 0.6 is 0 Å². The van der Waals surface area contributed by atoms with Crippen LogP contribution in [-0.4, -0.2) is 59.7 Å². The van der Waals surface area contributed by atoms with Crippen molar-refractivity contribution in [3.05, 3.63) is 30.5 Å². The molecule has 7 heteroatoms. The van der Waals surface area contributed by atoms with Gasteiger partial charge in [-0.1, -0.05) is 0 Å². The van der Waals surface area contributed by atoms with Crippen molar-refractivity contribution >= 4 is 17.5 Å². The van der Waals surface area contributed by atoms with Gasteiger partial charge in [-0.25, -0.2) is 15.0 Å². The third-order valence-electron chi connectivity index (χ3n) is 5.28. The Bertz CT molecular complexity index is 748. The zero-order valence-corrected chi connectivity index (χ0v) is 15.1. The summed E-state index contributed by atoms with van der Waals surface area (Å²) in [5, 5.41) is 0. The van der Waals surface area contributed by atoms with Gasteiger partial charge in [0.15, 0.2) is 11.6 Å². The summed E-state index contributed by atoms with van der Waals surface area (Å²) in [6.45, 7) is 5.05. The lowest BCUT2D eigenvalue weighted by molar-refractivity contribution is 0.388. The molecule has 2 atom stereocenters. The van der Waals surface area contributed by atoms with Gasteiger partial charge >= 0.3 is 0 Å². The zero-order chi connectivity index (χ0) is 17.4. The molecule has 0 radical (unpaired) electrons. The van der Waals surface area contributed by atoms with Crippen molar-refractivity contribution in [2.75, 3.05) is 48.4 Å². The second-order valence-electron chi connectivity index (χ2n) is 7.16. The van der Waals surface area contributed by atoms with E-state index in [4.69, 9.17) is 4.98 Å². The van der Waals surface area contributed by atoms with Crippen molar-refractivity contribution in [3.63, 3.8) is 0 Å². The fraction of sp³-hybridized carbons (Fsp3) is 0.556. The Balaban J connectivity index is 1.60. The van der Waals surface area contributed by atoms with E-state index in [9.17, 15) is 0 Å². The van der Waals surface area contributed by atoms with Crippen LogP contribution in [0.5, 0.6) is 0 Å². The molecule has 4 heterocycles.